The molecular weight excluding hydrogens is 395 g/mol. The first-order chi connectivity index (χ1) is 15.0. The van der Waals surface area contributed by atoms with Crippen LogP contribution in [0.3, 0.4) is 0 Å². The molecule has 0 spiro atoms. The van der Waals surface area contributed by atoms with E-state index >= 15 is 0 Å². The molecule has 0 bridgehead atoms. The third-order valence-electron chi connectivity index (χ3n) is 5.47. The number of benzene rings is 1. The van der Waals surface area contributed by atoms with E-state index in [0.717, 1.165) is 43.0 Å². The van der Waals surface area contributed by atoms with E-state index in [1.54, 1.807) is 18.2 Å². The van der Waals surface area contributed by atoms with Crippen molar-refractivity contribution < 1.29 is 4.39 Å². The van der Waals surface area contributed by atoms with Gasteiger partial charge in [0.15, 0.2) is 0 Å². The van der Waals surface area contributed by atoms with Gasteiger partial charge in [0.05, 0.1) is 6.54 Å². The van der Waals surface area contributed by atoms with Crippen molar-refractivity contribution in [2.24, 2.45) is 0 Å². The maximum absolute atomic E-state index is 13.5. The van der Waals surface area contributed by atoms with Gasteiger partial charge < -0.3 is 10.2 Å². The number of hydrogen-bond donors (Lipinski definition) is 1. The van der Waals surface area contributed by atoms with Crippen molar-refractivity contribution in [3.05, 3.63) is 75.6 Å². The molecule has 3 aromatic rings. The highest BCUT2D eigenvalue weighted by Gasteiger charge is 2.24. The molecule has 0 saturated carbocycles. The van der Waals surface area contributed by atoms with E-state index in [0.29, 0.717) is 18.1 Å². The zero-order chi connectivity index (χ0) is 21.8. The number of aromatic nitrogens is 4. The van der Waals surface area contributed by atoms with Gasteiger partial charge in [0.25, 0.3) is 5.56 Å². The molecule has 0 amide bonds. The van der Waals surface area contributed by atoms with E-state index in [1.165, 1.54) is 22.9 Å². The lowest BCUT2D eigenvalue weighted by molar-refractivity contribution is 0.462. The third kappa shape index (κ3) is 5.25. The second-order valence-electron chi connectivity index (χ2n) is 8.02. The van der Waals surface area contributed by atoms with Gasteiger partial charge in [-0.2, -0.15) is 5.10 Å². The quantitative estimate of drug-likeness (QED) is 0.657. The summed E-state index contributed by atoms with van der Waals surface area (Å²) < 4.78 is 14.9. The molecule has 31 heavy (non-hydrogen) atoms. The topological polar surface area (TPSA) is 75.9 Å². The van der Waals surface area contributed by atoms with Crippen LogP contribution in [0.4, 0.5) is 16.2 Å². The molecule has 0 aliphatic carbocycles. The van der Waals surface area contributed by atoms with Gasteiger partial charge in [0.2, 0.25) is 5.95 Å². The van der Waals surface area contributed by atoms with Crippen molar-refractivity contribution in [2.45, 2.75) is 45.7 Å². The predicted octanol–water partition coefficient (Wildman–Crippen LogP) is 3.31. The molecule has 0 radical (unpaired) electrons. The Kier molecular flexibility index (Phi) is 6.25. The van der Waals surface area contributed by atoms with Gasteiger partial charge >= 0.3 is 0 Å². The predicted molar refractivity (Wildman–Crippen MR) is 119 cm³/mol. The molecule has 2 aromatic heterocycles. The molecule has 1 aromatic carbocycles. The lowest BCUT2D eigenvalue weighted by Crippen LogP contribution is -2.45. The Bertz CT molecular complexity index is 1090. The minimum atomic E-state index is -0.322. The molecule has 7 nitrogen and oxygen atoms in total. The van der Waals surface area contributed by atoms with Crippen LogP contribution in [0, 0.1) is 19.7 Å². The van der Waals surface area contributed by atoms with Gasteiger partial charge in [0.1, 0.15) is 11.6 Å². The number of piperidine rings is 1. The summed E-state index contributed by atoms with van der Waals surface area (Å²) >= 11 is 0. The maximum Gasteiger partial charge on any atom is 0.267 e. The molecule has 1 unspecified atom stereocenters. The average molecular weight is 423 g/mol. The Morgan fingerprint density at radius 3 is 2.68 bits per heavy atom. The lowest BCUT2D eigenvalue weighted by Gasteiger charge is -2.36. The van der Waals surface area contributed by atoms with Crippen LogP contribution in [0.2, 0.25) is 0 Å². The fourth-order valence-corrected chi connectivity index (χ4v) is 4.04. The Morgan fingerprint density at radius 2 is 1.90 bits per heavy atom. The zero-order valence-electron chi connectivity index (χ0n) is 17.9. The van der Waals surface area contributed by atoms with E-state index in [4.69, 9.17) is 0 Å². The highest BCUT2D eigenvalue weighted by Crippen LogP contribution is 2.23. The van der Waals surface area contributed by atoms with Gasteiger partial charge in [-0.3, -0.25) is 4.79 Å². The molecule has 1 aliphatic rings. The van der Waals surface area contributed by atoms with Gasteiger partial charge in [-0.15, -0.1) is 0 Å². The fourth-order valence-electron chi connectivity index (χ4n) is 4.04. The van der Waals surface area contributed by atoms with E-state index in [2.05, 4.69) is 25.3 Å². The molecule has 3 heterocycles. The van der Waals surface area contributed by atoms with Crippen LogP contribution < -0.4 is 15.8 Å². The second kappa shape index (κ2) is 9.24. The average Bonchev–Trinajstić information content (AvgIpc) is 2.73. The summed E-state index contributed by atoms with van der Waals surface area (Å²) in [5.41, 5.74) is 2.36. The summed E-state index contributed by atoms with van der Waals surface area (Å²) in [7, 11) is 0. The van der Waals surface area contributed by atoms with E-state index in [-0.39, 0.29) is 24.0 Å². The Hall–Kier alpha value is -3.29. The molecule has 162 valence electrons. The van der Waals surface area contributed by atoms with Crippen LogP contribution in [0.15, 0.2) is 47.3 Å². The minimum absolute atomic E-state index is 0.205. The minimum Gasteiger partial charge on any atom is -0.352 e. The SMILES string of the molecule is Cc1cc(C)nc(NCC2CCCCN2c2ccc(=O)n(Cc3cccc(F)c3)n2)n1. The number of aryl methyl sites for hydroxylation is 2. The van der Waals surface area contributed by atoms with Crippen LogP contribution in [0.5, 0.6) is 0 Å². The van der Waals surface area contributed by atoms with Gasteiger partial charge in [-0.25, -0.2) is 19.0 Å². The number of hydrogen-bond acceptors (Lipinski definition) is 6. The first kappa shape index (κ1) is 21.0. The highest BCUT2D eigenvalue weighted by molar-refractivity contribution is 5.40. The Morgan fingerprint density at radius 1 is 1.10 bits per heavy atom. The summed E-state index contributed by atoms with van der Waals surface area (Å²) in [5, 5.41) is 7.97. The van der Waals surface area contributed by atoms with Crippen molar-refractivity contribution >= 4 is 11.8 Å². The second-order valence-corrected chi connectivity index (χ2v) is 8.02. The monoisotopic (exact) mass is 422 g/mol. The number of anilines is 2. The van der Waals surface area contributed by atoms with Crippen molar-refractivity contribution in [1.29, 1.82) is 0 Å². The molecule has 1 saturated heterocycles. The largest absolute Gasteiger partial charge is 0.352 e. The summed E-state index contributed by atoms with van der Waals surface area (Å²) in [6.45, 7) is 5.70. The van der Waals surface area contributed by atoms with E-state index in [1.807, 2.05) is 19.9 Å². The normalized spacial score (nSPS) is 16.4. The molecule has 1 aliphatic heterocycles. The van der Waals surface area contributed by atoms with Crippen molar-refractivity contribution in [3.8, 4) is 0 Å². The Balaban J connectivity index is 1.52. The summed E-state index contributed by atoms with van der Waals surface area (Å²) in [6, 6.07) is 11.7. The number of nitrogens with one attached hydrogen (secondary N) is 1. The summed E-state index contributed by atoms with van der Waals surface area (Å²) in [6.07, 6.45) is 3.23. The van der Waals surface area contributed by atoms with Crippen molar-refractivity contribution in [3.63, 3.8) is 0 Å². The molecule has 1 atom stereocenters. The summed E-state index contributed by atoms with van der Waals surface area (Å²) in [4.78, 5) is 23.5. The first-order valence-electron chi connectivity index (χ1n) is 10.6. The van der Waals surface area contributed by atoms with Crippen LogP contribution in [-0.4, -0.2) is 38.9 Å². The van der Waals surface area contributed by atoms with Gasteiger partial charge in [-0.05, 0) is 62.9 Å². The zero-order valence-corrected chi connectivity index (χ0v) is 17.9. The fraction of sp³-hybridized carbons (Fsp3) is 0.391. The standard InChI is InChI=1S/C23H27FN6O/c1-16-12-17(2)27-23(26-16)25-14-20-8-3-4-11-29(20)21-9-10-22(31)30(28-21)15-18-6-5-7-19(24)13-18/h5-7,9-10,12-13,20H,3-4,8,11,14-15H2,1-2H3,(H,25,26,27). The maximum atomic E-state index is 13.5. The Labute approximate surface area is 181 Å². The smallest absolute Gasteiger partial charge is 0.267 e. The van der Waals surface area contributed by atoms with Gasteiger partial charge in [0, 0.05) is 36.6 Å². The third-order valence-corrected chi connectivity index (χ3v) is 5.47. The van der Waals surface area contributed by atoms with Crippen LogP contribution in [-0.2, 0) is 6.54 Å². The molecular formula is C23H27FN6O. The number of halogens is 1. The summed E-state index contributed by atoms with van der Waals surface area (Å²) in [5.74, 6) is 1.06. The van der Waals surface area contributed by atoms with Crippen LogP contribution in [0.1, 0.15) is 36.2 Å². The van der Waals surface area contributed by atoms with Gasteiger partial charge in [-0.1, -0.05) is 12.1 Å². The number of nitrogens with zero attached hydrogens (tertiary/aromatic N) is 5. The molecule has 1 N–H and O–H groups in total. The highest BCUT2D eigenvalue weighted by atomic mass is 19.1. The lowest BCUT2D eigenvalue weighted by atomic mass is 10.0. The first-order valence-corrected chi connectivity index (χ1v) is 10.6. The van der Waals surface area contributed by atoms with Crippen LogP contribution >= 0.6 is 0 Å². The van der Waals surface area contributed by atoms with Crippen molar-refractivity contribution in [1.82, 2.24) is 19.7 Å². The van der Waals surface area contributed by atoms with Crippen molar-refractivity contribution in [2.75, 3.05) is 23.3 Å². The van der Waals surface area contributed by atoms with Crippen LogP contribution in [0.25, 0.3) is 0 Å². The van der Waals surface area contributed by atoms with E-state index in [9.17, 15) is 9.18 Å². The molecule has 4 rings (SSSR count). The molecule has 8 heteroatoms. The molecule has 1 fully saturated rings. The van der Waals surface area contributed by atoms with E-state index < -0.39 is 0 Å². The number of rotatable bonds is 6.